The van der Waals surface area contributed by atoms with Gasteiger partial charge in [-0.25, -0.2) is 14.4 Å². The van der Waals surface area contributed by atoms with Gasteiger partial charge in [-0.1, -0.05) is 31.5 Å². The van der Waals surface area contributed by atoms with E-state index in [9.17, 15) is 14.9 Å². The van der Waals surface area contributed by atoms with Gasteiger partial charge in [0.2, 0.25) is 5.95 Å². The van der Waals surface area contributed by atoms with E-state index < -0.39 is 0 Å². The number of benzene rings is 2. The van der Waals surface area contributed by atoms with E-state index in [2.05, 4.69) is 34.3 Å². The van der Waals surface area contributed by atoms with Gasteiger partial charge in [0.25, 0.3) is 0 Å². The van der Waals surface area contributed by atoms with Crippen LogP contribution < -0.4 is 5.32 Å². The second-order valence-corrected chi connectivity index (χ2v) is 7.94. The van der Waals surface area contributed by atoms with Crippen LogP contribution in [-0.4, -0.2) is 14.4 Å². The molecule has 0 radical (unpaired) electrons. The van der Waals surface area contributed by atoms with Gasteiger partial charge in [0.1, 0.15) is 11.9 Å². The third kappa shape index (κ3) is 4.02. The van der Waals surface area contributed by atoms with Crippen molar-refractivity contribution in [3.05, 3.63) is 82.1 Å². The quantitative estimate of drug-likeness (QED) is 0.432. The molecule has 0 saturated heterocycles. The number of nitriles is 2. The fraction of sp³-hybridized carbons (Fsp3) is 0.231. The highest BCUT2D eigenvalue weighted by Crippen LogP contribution is 2.30. The normalized spacial score (nSPS) is 10.7. The first-order valence-electron chi connectivity index (χ1n) is 10.8. The van der Waals surface area contributed by atoms with Gasteiger partial charge in [-0.3, -0.25) is 4.40 Å². The number of fused-ring (bicyclic) bond motifs is 1. The van der Waals surface area contributed by atoms with E-state index in [1.54, 1.807) is 22.9 Å². The lowest BCUT2D eigenvalue weighted by Crippen LogP contribution is -2.11. The van der Waals surface area contributed by atoms with Crippen LogP contribution in [-0.2, 0) is 13.0 Å². The average molecular weight is 439 g/mol. The van der Waals surface area contributed by atoms with Crippen LogP contribution >= 0.6 is 0 Å². The molecule has 164 valence electrons. The Labute approximate surface area is 192 Å². The Morgan fingerprint density at radius 2 is 1.88 bits per heavy atom. The van der Waals surface area contributed by atoms with Gasteiger partial charge in [-0.05, 0) is 54.7 Å². The van der Waals surface area contributed by atoms with Crippen LogP contribution in [0, 0.1) is 42.3 Å². The lowest BCUT2D eigenvalue weighted by atomic mass is 9.97. The molecule has 1 N–H and O–H groups in total. The van der Waals surface area contributed by atoms with E-state index >= 15 is 0 Å². The van der Waals surface area contributed by atoms with E-state index in [0.29, 0.717) is 28.3 Å². The highest BCUT2D eigenvalue weighted by Gasteiger charge is 2.17. The molecular weight excluding hydrogens is 415 g/mol. The second-order valence-electron chi connectivity index (χ2n) is 7.94. The summed E-state index contributed by atoms with van der Waals surface area (Å²) < 4.78 is 16.4. The predicted octanol–water partition coefficient (Wildman–Crippen LogP) is 5.46. The third-order valence-electron chi connectivity index (χ3n) is 5.88. The van der Waals surface area contributed by atoms with E-state index in [-0.39, 0.29) is 18.1 Å². The molecule has 0 spiro atoms. The van der Waals surface area contributed by atoms with E-state index in [1.165, 1.54) is 6.07 Å². The molecule has 0 aliphatic carbocycles. The SMILES string of the molecule is CCCc1c(C)ccc(F)c1CNc1ncc(-c2cccc(C#N)c2C)c2nc(C#N)cn12. The van der Waals surface area contributed by atoms with Gasteiger partial charge in [-0.2, -0.15) is 10.5 Å². The number of aryl methyl sites for hydroxylation is 1. The summed E-state index contributed by atoms with van der Waals surface area (Å²) in [5, 5.41) is 22.1. The van der Waals surface area contributed by atoms with Crippen molar-refractivity contribution >= 4 is 11.6 Å². The second kappa shape index (κ2) is 9.10. The van der Waals surface area contributed by atoms with Gasteiger partial charge >= 0.3 is 0 Å². The minimum atomic E-state index is -0.253. The molecule has 0 fully saturated rings. The summed E-state index contributed by atoms with van der Waals surface area (Å²) in [5.74, 6) is 0.205. The van der Waals surface area contributed by atoms with Crippen molar-refractivity contribution in [1.29, 1.82) is 10.5 Å². The maximum atomic E-state index is 14.7. The number of hydrogen-bond acceptors (Lipinski definition) is 5. The van der Waals surface area contributed by atoms with Gasteiger partial charge < -0.3 is 5.32 Å². The summed E-state index contributed by atoms with van der Waals surface area (Å²) in [6.07, 6.45) is 5.00. The Morgan fingerprint density at radius 3 is 2.61 bits per heavy atom. The fourth-order valence-electron chi connectivity index (χ4n) is 4.14. The molecule has 2 aromatic heterocycles. The first-order chi connectivity index (χ1) is 16.0. The zero-order valence-electron chi connectivity index (χ0n) is 18.8. The maximum absolute atomic E-state index is 14.7. The summed E-state index contributed by atoms with van der Waals surface area (Å²) in [5.41, 5.74) is 6.39. The maximum Gasteiger partial charge on any atom is 0.208 e. The lowest BCUT2D eigenvalue weighted by molar-refractivity contribution is 0.607. The predicted molar refractivity (Wildman–Crippen MR) is 125 cm³/mol. The molecule has 0 amide bonds. The molecule has 0 saturated carbocycles. The highest BCUT2D eigenvalue weighted by molar-refractivity contribution is 5.81. The summed E-state index contributed by atoms with van der Waals surface area (Å²) in [7, 11) is 0. The number of imidazole rings is 1. The Bertz CT molecular complexity index is 1440. The summed E-state index contributed by atoms with van der Waals surface area (Å²) >= 11 is 0. The Hall–Kier alpha value is -4.23. The van der Waals surface area contributed by atoms with Crippen LogP contribution in [0.25, 0.3) is 16.8 Å². The molecule has 0 unspecified atom stereocenters. The molecule has 33 heavy (non-hydrogen) atoms. The summed E-state index contributed by atoms with van der Waals surface area (Å²) in [6.45, 7) is 6.20. The van der Waals surface area contributed by atoms with Crippen LogP contribution in [0.15, 0.2) is 42.7 Å². The van der Waals surface area contributed by atoms with Crippen molar-refractivity contribution in [3.63, 3.8) is 0 Å². The van der Waals surface area contributed by atoms with E-state index in [4.69, 9.17) is 0 Å². The first kappa shape index (κ1) is 22.0. The minimum absolute atomic E-state index is 0.245. The monoisotopic (exact) mass is 438 g/mol. The molecule has 6 nitrogen and oxygen atoms in total. The molecule has 2 heterocycles. The molecule has 0 aliphatic heterocycles. The largest absolute Gasteiger partial charge is 0.351 e. The molecule has 4 aromatic rings. The smallest absolute Gasteiger partial charge is 0.208 e. The van der Waals surface area contributed by atoms with E-state index in [0.717, 1.165) is 35.1 Å². The van der Waals surface area contributed by atoms with Crippen LogP contribution in [0.3, 0.4) is 0 Å². The Kier molecular flexibility index (Phi) is 6.06. The number of anilines is 1. The molecular formula is C26H23FN6. The topological polar surface area (TPSA) is 89.8 Å². The lowest BCUT2D eigenvalue weighted by Gasteiger charge is -2.16. The Balaban J connectivity index is 1.79. The zero-order chi connectivity index (χ0) is 23.5. The van der Waals surface area contributed by atoms with Crippen molar-refractivity contribution in [1.82, 2.24) is 14.4 Å². The van der Waals surface area contributed by atoms with Gasteiger partial charge in [-0.15, -0.1) is 0 Å². The summed E-state index contributed by atoms with van der Waals surface area (Å²) in [6, 6.07) is 13.0. The Morgan fingerprint density at radius 1 is 1.06 bits per heavy atom. The molecule has 7 heteroatoms. The first-order valence-corrected chi connectivity index (χ1v) is 10.8. The number of aromatic nitrogens is 3. The average Bonchev–Trinajstić information content (AvgIpc) is 3.26. The molecule has 2 aromatic carbocycles. The molecule has 4 rings (SSSR count). The van der Waals surface area contributed by atoms with Gasteiger partial charge in [0, 0.05) is 23.9 Å². The van der Waals surface area contributed by atoms with Crippen LogP contribution in [0.5, 0.6) is 0 Å². The molecule has 0 aliphatic rings. The summed E-state index contributed by atoms with van der Waals surface area (Å²) in [4.78, 5) is 9.03. The third-order valence-corrected chi connectivity index (χ3v) is 5.88. The highest BCUT2D eigenvalue weighted by atomic mass is 19.1. The number of nitrogens with one attached hydrogen (secondary N) is 1. The van der Waals surface area contributed by atoms with Crippen molar-refractivity contribution in [2.75, 3.05) is 5.32 Å². The number of nitrogens with zero attached hydrogens (tertiary/aromatic N) is 5. The van der Waals surface area contributed by atoms with E-state index in [1.807, 2.05) is 32.0 Å². The van der Waals surface area contributed by atoms with Crippen LogP contribution in [0.4, 0.5) is 10.3 Å². The minimum Gasteiger partial charge on any atom is -0.351 e. The van der Waals surface area contributed by atoms with Crippen LogP contribution in [0.2, 0.25) is 0 Å². The number of halogens is 1. The molecule has 0 atom stereocenters. The van der Waals surface area contributed by atoms with Crippen molar-refractivity contribution in [3.8, 4) is 23.3 Å². The van der Waals surface area contributed by atoms with Crippen LogP contribution in [0.1, 0.15) is 46.9 Å². The van der Waals surface area contributed by atoms with Crippen molar-refractivity contribution < 1.29 is 4.39 Å². The number of rotatable bonds is 6. The molecule has 0 bridgehead atoms. The van der Waals surface area contributed by atoms with Crippen molar-refractivity contribution in [2.24, 2.45) is 0 Å². The standard InChI is InChI=1S/C26H23FN6/c1-4-6-20-16(2)9-10-24(27)22(20)13-30-26-31-14-23(25-32-19(12-29)15-33(25)26)21-8-5-7-18(11-28)17(21)3/h5,7-10,14-15H,4,6,13H2,1-3H3,(H,30,31). The zero-order valence-corrected chi connectivity index (χ0v) is 18.8. The van der Waals surface area contributed by atoms with Crippen molar-refractivity contribution in [2.45, 2.75) is 40.2 Å². The number of hydrogen-bond donors (Lipinski definition) is 1. The van der Waals surface area contributed by atoms with Gasteiger partial charge in [0.15, 0.2) is 11.3 Å². The fourth-order valence-corrected chi connectivity index (χ4v) is 4.14. The van der Waals surface area contributed by atoms with Gasteiger partial charge in [0.05, 0.1) is 17.8 Å².